The highest BCUT2D eigenvalue weighted by Crippen LogP contribution is 2.32. The average molecular weight is 393 g/mol. The van der Waals surface area contributed by atoms with Crippen LogP contribution in [0.3, 0.4) is 0 Å². The van der Waals surface area contributed by atoms with E-state index in [1.54, 1.807) is 20.3 Å². The Kier molecular flexibility index (Phi) is 8.07. The van der Waals surface area contributed by atoms with Gasteiger partial charge in [-0.05, 0) is 43.2 Å². The second-order valence-electron chi connectivity index (χ2n) is 5.69. The minimum Gasteiger partial charge on any atom is -0.493 e. The number of methoxy groups -OCH3 is 2. The Hall–Kier alpha value is -2.60. The number of para-hydroxylation sites is 1. The topological polar surface area (TPSA) is 68.8 Å². The van der Waals surface area contributed by atoms with E-state index < -0.39 is 0 Å². The number of nitrogens with one attached hydrogen (secondary N) is 2. The highest BCUT2D eigenvalue weighted by atomic mass is 35.5. The van der Waals surface area contributed by atoms with Gasteiger partial charge < -0.3 is 24.8 Å². The molecule has 6 nitrogen and oxygen atoms in total. The van der Waals surface area contributed by atoms with E-state index in [4.69, 9.17) is 25.8 Å². The van der Waals surface area contributed by atoms with Gasteiger partial charge >= 0.3 is 0 Å². The van der Waals surface area contributed by atoms with Gasteiger partial charge in [-0.25, -0.2) is 0 Å². The van der Waals surface area contributed by atoms with Crippen LogP contribution < -0.4 is 24.8 Å². The van der Waals surface area contributed by atoms with Crippen LogP contribution in [0, 0.1) is 0 Å². The van der Waals surface area contributed by atoms with Crippen molar-refractivity contribution in [1.29, 1.82) is 0 Å². The van der Waals surface area contributed by atoms with E-state index >= 15 is 0 Å². The molecule has 0 heterocycles. The molecule has 7 heteroatoms. The maximum absolute atomic E-state index is 12.1. The summed E-state index contributed by atoms with van der Waals surface area (Å²) in [5.41, 5.74) is 1.74. The van der Waals surface area contributed by atoms with Crippen LogP contribution in [0.1, 0.15) is 12.5 Å². The lowest BCUT2D eigenvalue weighted by molar-refractivity contribution is -0.119. The third-order valence-electron chi connectivity index (χ3n) is 3.88. The molecule has 0 saturated heterocycles. The number of amides is 1. The van der Waals surface area contributed by atoms with E-state index in [0.29, 0.717) is 47.5 Å². The molecule has 0 aromatic heterocycles. The minimum absolute atomic E-state index is 0.113. The molecule has 2 aromatic carbocycles. The first-order valence-corrected chi connectivity index (χ1v) is 9.09. The van der Waals surface area contributed by atoms with Crippen LogP contribution in [-0.4, -0.2) is 39.8 Å². The van der Waals surface area contributed by atoms with Gasteiger partial charge in [-0.15, -0.1) is 0 Å². The fourth-order valence-corrected chi connectivity index (χ4v) is 2.79. The molecule has 2 N–H and O–H groups in total. The molecule has 0 aliphatic rings. The van der Waals surface area contributed by atoms with Gasteiger partial charge in [0.25, 0.3) is 0 Å². The van der Waals surface area contributed by atoms with Gasteiger partial charge in [0.1, 0.15) is 0 Å². The van der Waals surface area contributed by atoms with Crippen molar-refractivity contribution in [2.75, 3.05) is 39.2 Å². The van der Waals surface area contributed by atoms with Crippen LogP contribution in [0.2, 0.25) is 5.02 Å². The van der Waals surface area contributed by atoms with Gasteiger partial charge in [0.05, 0.1) is 38.1 Å². The molecule has 0 spiro atoms. The van der Waals surface area contributed by atoms with Crippen molar-refractivity contribution in [2.45, 2.75) is 13.3 Å². The summed E-state index contributed by atoms with van der Waals surface area (Å²) in [6.07, 6.45) is 0.688. The number of ether oxygens (including phenoxy) is 3. The number of halogens is 1. The second-order valence-corrected chi connectivity index (χ2v) is 6.10. The normalized spacial score (nSPS) is 10.2. The molecule has 0 saturated carbocycles. The van der Waals surface area contributed by atoms with Gasteiger partial charge in [0, 0.05) is 6.54 Å². The van der Waals surface area contributed by atoms with E-state index in [1.165, 1.54) is 0 Å². The van der Waals surface area contributed by atoms with Gasteiger partial charge in [0.15, 0.2) is 17.2 Å². The van der Waals surface area contributed by atoms with Crippen LogP contribution in [0.4, 0.5) is 5.69 Å². The summed E-state index contributed by atoms with van der Waals surface area (Å²) >= 11 is 6.14. The zero-order chi connectivity index (χ0) is 19.6. The molecule has 27 heavy (non-hydrogen) atoms. The number of hydrogen-bond acceptors (Lipinski definition) is 5. The van der Waals surface area contributed by atoms with E-state index in [0.717, 1.165) is 5.56 Å². The standard InChI is InChI=1S/C20H25ClN2O4/c1-4-27-20-15(21)6-5-7-16(20)23-13-19(24)22-11-10-14-8-9-17(25-2)18(12-14)26-3/h5-9,12,23H,4,10-11,13H2,1-3H3,(H,22,24). The second kappa shape index (κ2) is 10.5. The molecule has 0 unspecified atom stereocenters. The first kappa shape index (κ1) is 20.7. The summed E-state index contributed by atoms with van der Waals surface area (Å²) in [7, 11) is 3.20. The van der Waals surface area contributed by atoms with E-state index in [-0.39, 0.29) is 12.5 Å². The smallest absolute Gasteiger partial charge is 0.239 e. The number of carbonyl (C=O) groups excluding carboxylic acids is 1. The predicted octanol–water partition coefficient (Wildman–Crippen LogP) is 3.53. The zero-order valence-electron chi connectivity index (χ0n) is 15.8. The van der Waals surface area contributed by atoms with Crippen molar-refractivity contribution < 1.29 is 19.0 Å². The van der Waals surface area contributed by atoms with Crippen molar-refractivity contribution in [3.05, 3.63) is 47.0 Å². The highest BCUT2D eigenvalue weighted by Gasteiger charge is 2.10. The number of hydrogen-bond donors (Lipinski definition) is 2. The Labute approximate surface area is 164 Å². The van der Waals surface area contributed by atoms with Gasteiger partial charge in [-0.3, -0.25) is 4.79 Å². The Morgan fingerprint density at radius 2 is 1.89 bits per heavy atom. The first-order chi connectivity index (χ1) is 13.1. The maximum Gasteiger partial charge on any atom is 0.239 e. The van der Waals surface area contributed by atoms with Crippen molar-refractivity contribution in [2.24, 2.45) is 0 Å². The van der Waals surface area contributed by atoms with Crippen LogP contribution in [0.5, 0.6) is 17.2 Å². The fraction of sp³-hybridized carbons (Fsp3) is 0.350. The van der Waals surface area contributed by atoms with E-state index in [1.807, 2.05) is 37.3 Å². The number of anilines is 1. The summed E-state index contributed by atoms with van der Waals surface area (Å²) in [6, 6.07) is 11.1. The lowest BCUT2D eigenvalue weighted by Gasteiger charge is -2.14. The van der Waals surface area contributed by atoms with Gasteiger partial charge in [-0.2, -0.15) is 0 Å². The number of carbonyl (C=O) groups is 1. The monoisotopic (exact) mass is 392 g/mol. The number of benzene rings is 2. The molecule has 1 amide bonds. The molecule has 0 atom stereocenters. The summed E-state index contributed by atoms with van der Waals surface area (Å²) in [5.74, 6) is 1.80. The largest absolute Gasteiger partial charge is 0.493 e. The summed E-state index contributed by atoms with van der Waals surface area (Å²) < 4.78 is 16.0. The average Bonchev–Trinajstić information content (AvgIpc) is 2.68. The number of rotatable bonds is 10. The van der Waals surface area contributed by atoms with Crippen molar-refractivity contribution in [3.63, 3.8) is 0 Å². The van der Waals surface area contributed by atoms with Crippen molar-refractivity contribution >= 4 is 23.2 Å². The lowest BCUT2D eigenvalue weighted by Crippen LogP contribution is -2.31. The molecule has 2 rings (SSSR count). The fourth-order valence-electron chi connectivity index (χ4n) is 2.56. The van der Waals surface area contributed by atoms with E-state index in [9.17, 15) is 4.79 Å². The SMILES string of the molecule is CCOc1c(Cl)cccc1NCC(=O)NCCc1ccc(OC)c(OC)c1. The van der Waals surface area contributed by atoms with Crippen molar-refractivity contribution in [3.8, 4) is 17.2 Å². The van der Waals surface area contributed by atoms with E-state index in [2.05, 4.69) is 10.6 Å². The molecule has 0 fully saturated rings. The van der Waals surface area contributed by atoms with Crippen LogP contribution in [-0.2, 0) is 11.2 Å². The Morgan fingerprint density at radius 3 is 2.59 bits per heavy atom. The van der Waals surface area contributed by atoms with Crippen LogP contribution in [0.25, 0.3) is 0 Å². The Bertz CT molecular complexity index is 768. The quantitative estimate of drug-likeness (QED) is 0.647. The molecular formula is C20H25ClN2O4. The highest BCUT2D eigenvalue weighted by molar-refractivity contribution is 6.32. The maximum atomic E-state index is 12.1. The Morgan fingerprint density at radius 1 is 1.11 bits per heavy atom. The molecule has 0 radical (unpaired) electrons. The van der Waals surface area contributed by atoms with Crippen LogP contribution >= 0.6 is 11.6 Å². The summed E-state index contributed by atoms with van der Waals surface area (Å²) in [6.45, 7) is 3.03. The third-order valence-corrected chi connectivity index (χ3v) is 4.18. The van der Waals surface area contributed by atoms with Crippen LogP contribution in [0.15, 0.2) is 36.4 Å². The van der Waals surface area contributed by atoms with Gasteiger partial charge in [0.2, 0.25) is 5.91 Å². The summed E-state index contributed by atoms with van der Waals surface area (Å²) in [5, 5.41) is 6.46. The predicted molar refractivity (Wildman–Crippen MR) is 107 cm³/mol. The van der Waals surface area contributed by atoms with Crippen molar-refractivity contribution in [1.82, 2.24) is 5.32 Å². The first-order valence-electron chi connectivity index (χ1n) is 8.71. The van der Waals surface area contributed by atoms with Gasteiger partial charge in [-0.1, -0.05) is 23.7 Å². The molecule has 2 aromatic rings. The Balaban J connectivity index is 1.83. The zero-order valence-corrected chi connectivity index (χ0v) is 16.6. The minimum atomic E-state index is -0.113. The lowest BCUT2D eigenvalue weighted by atomic mass is 10.1. The molecule has 0 aliphatic carbocycles. The molecular weight excluding hydrogens is 368 g/mol. The molecule has 0 aliphatic heterocycles. The summed E-state index contributed by atoms with van der Waals surface area (Å²) in [4.78, 5) is 12.1. The molecule has 0 bridgehead atoms. The molecule has 146 valence electrons. The third kappa shape index (κ3) is 5.96.